The van der Waals surface area contributed by atoms with Gasteiger partial charge < -0.3 is 9.47 Å². The van der Waals surface area contributed by atoms with Crippen LogP contribution in [0, 0.1) is 0 Å². The zero-order valence-corrected chi connectivity index (χ0v) is 14.5. The minimum atomic E-state index is 0.260. The van der Waals surface area contributed by atoms with Crippen molar-refractivity contribution < 1.29 is 9.47 Å². The maximum absolute atomic E-state index is 5.44. The van der Waals surface area contributed by atoms with E-state index in [2.05, 4.69) is 31.2 Å². The highest BCUT2D eigenvalue weighted by atomic mass is 79.9. The van der Waals surface area contributed by atoms with Crippen molar-refractivity contribution >= 4 is 32.2 Å². The van der Waals surface area contributed by atoms with Crippen LogP contribution in [0.25, 0.3) is 26.9 Å². The average molecular weight is 401 g/mol. The Labute approximate surface area is 148 Å². The first-order valence-electron chi connectivity index (χ1n) is 7.17. The molecular formula is C16H9BrN4O2S. The van der Waals surface area contributed by atoms with E-state index in [1.165, 1.54) is 11.3 Å². The van der Waals surface area contributed by atoms with Crippen LogP contribution in [0.3, 0.4) is 0 Å². The number of ether oxygens (including phenoxy) is 2. The molecule has 0 saturated heterocycles. The van der Waals surface area contributed by atoms with Gasteiger partial charge in [-0.05, 0) is 30.3 Å². The van der Waals surface area contributed by atoms with E-state index in [-0.39, 0.29) is 6.79 Å². The quantitative estimate of drug-likeness (QED) is 0.508. The Bertz CT molecular complexity index is 1080. The van der Waals surface area contributed by atoms with Crippen molar-refractivity contribution in [2.75, 3.05) is 6.79 Å². The Morgan fingerprint density at radius 3 is 2.83 bits per heavy atom. The highest BCUT2D eigenvalue weighted by Crippen LogP contribution is 2.37. The predicted octanol–water partition coefficient (Wildman–Crippen LogP) is 4.01. The zero-order chi connectivity index (χ0) is 16.1. The summed E-state index contributed by atoms with van der Waals surface area (Å²) in [7, 11) is 0. The molecule has 5 rings (SSSR count). The molecular weight excluding hydrogens is 392 g/mol. The Kier molecular flexibility index (Phi) is 3.07. The van der Waals surface area contributed by atoms with Crippen LogP contribution in [0.2, 0.25) is 0 Å². The second kappa shape index (κ2) is 5.29. The minimum Gasteiger partial charge on any atom is -0.454 e. The Hall–Kier alpha value is -2.45. The topological polar surface area (TPSA) is 61.5 Å². The van der Waals surface area contributed by atoms with E-state index in [1.54, 1.807) is 4.52 Å². The summed E-state index contributed by atoms with van der Waals surface area (Å²) in [6, 6.07) is 13.7. The lowest BCUT2D eigenvalue weighted by molar-refractivity contribution is 0.174. The van der Waals surface area contributed by atoms with Crippen LogP contribution in [0.5, 0.6) is 11.5 Å². The second-order valence-electron chi connectivity index (χ2n) is 5.17. The van der Waals surface area contributed by atoms with Gasteiger partial charge in [0.25, 0.3) is 0 Å². The number of benzene rings is 2. The van der Waals surface area contributed by atoms with Crippen LogP contribution in [0.4, 0.5) is 0 Å². The molecule has 0 N–H and O–H groups in total. The van der Waals surface area contributed by atoms with E-state index < -0.39 is 0 Å². The molecule has 0 saturated carbocycles. The zero-order valence-electron chi connectivity index (χ0n) is 12.1. The molecule has 0 bridgehead atoms. The summed E-state index contributed by atoms with van der Waals surface area (Å²) in [5, 5.41) is 14.0. The largest absolute Gasteiger partial charge is 0.454 e. The Morgan fingerprint density at radius 1 is 1.04 bits per heavy atom. The summed E-state index contributed by atoms with van der Waals surface area (Å²) in [6.07, 6.45) is 0. The van der Waals surface area contributed by atoms with Gasteiger partial charge in [-0.25, -0.2) is 0 Å². The van der Waals surface area contributed by atoms with Crippen LogP contribution < -0.4 is 9.47 Å². The van der Waals surface area contributed by atoms with E-state index >= 15 is 0 Å². The Morgan fingerprint density at radius 2 is 1.92 bits per heavy atom. The van der Waals surface area contributed by atoms with Gasteiger partial charge in [-0.3, -0.25) is 0 Å². The number of hydrogen-bond acceptors (Lipinski definition) is 6. The molecule has 0 fully saturated rings. The van der Waals surface area contributed by atoms with E-state index in [9.17, 15) is 0 Å². The fraction of sp³-hybridized carbons (Fsp3) is 0.0625. The molecule has 0 unspecified atom stereocenters. The number of hydrogen-bond donors (Lipinski definition) is 0. The summed E-state index contributed by atoms with van der Waals surface area (Å²) in [6.45, 7) is 0.260. The van der Waals surface area contributed by atoms with Crippen LogP contribution in [-0.2, 0) is 0 Å². The Balaban J connectivity index is 1.64. The van der Waals surface area contributed by atoms with Crippen molar-refractivity contribution in [3.63, 3.8) is 0 Å². The number of halogens is 1. The third-order valence-corrected chi connectivity index (χ3v) is 5.36. The van der Waals surface area contributed by atoms with Crippen molar-refractivity contribution in [3.05, 3.63) is 46.9 Å². The SMILES string of the molecule is Brc1ccccc1-c1nnc2sc(-c3ccc4c(c3)OCO4)nn12. The van der Waals surface area contributed by atoms with Gasteiger partial charge in [-0.15, -0.1) is 10.2 Å². The standard InChI is InChI=1S/C16H9BrN4O2S/c17-11-4-2-1-3-10(11)14-18-19-16-21(14)20-15(24-16)9-5-6-12-13(7-9)23-8-22-12/h1-7H,8H2. The molecule has 6 nitrogen and oxygen atoms in total. The molecule has 0 amide bonds. The highest BCUT2D eigenvalue weighted by Gasteiger charge is 2.18. The van der Waals surface area contributed by atoms with Crippen molar-refractivity contribution in [1.29, 1.82) is 0 Å². The lowest BCUT2D eigenvalue weighted by Gasteiger charge is -2.00. The molecule has 0 radical (unpaired) electrons. The van der Waals surface area contributed by atoms with Crippen LogP contribution in [0.1, 0.15) is 0 Å². The van der Waals surface area contributed by atoms with Gasteiger partial charge in [0.05, 0.1) is 0 Å². The fourth-order valence-electron chi connectivity index (χ4n) is 2.57. The highest BCUT2D eigenvalue weighted by molar-refractivity contribution is 9.10. The molecule has 2 aromatic heterocycles. The molecule has 8 heteroatoms. The van der Waals surface area contributed by atoms with Crippen LogP contribution >= 0.6 is 27.3 Å². The molecule has 24 heavy (non-hydrogen) atoms. The van der Waals surface area contributed by atoms with Crippen molar-refractivity contribution in [2.45, 2.75) is 0 Å². The van der Waals surface area contributed by atoms with Crippen LogP contribution in [-0.4, -0.2) is 26.6 Å². The third-order valence-electron chi connectivity index (χ3n) is 3.73. The number of aromatic nitrogens is 4. The monoisotopic (exact) mass is 400 g/mol. The van der Waals surface area contributed by atoms with Crippen LogP contribution in [0.15, 0.2) is 46.9 Å². The molecule has 4 aromatic rings. The summed E-state index contributed by atoms with van der Waals surface area (Å²) in [5.41, 5.74) is 1.92. The van der Waals surface area contributed by atoms with Gasteiger partial charge >= 0.3 is 0 Å². The van der Waals surface area contributed by atoms with Crippen molar-refractivity contribution in [1.82, 2.24) is 19.8 Å². The van der Waals surface area contributed by atoms with E-state index in [4.69, 9.17) is 9.47 Å². The third kappa shape index (κ3) is 2.10. The molecule has 0 aliphatic carbocycles. The molecule has 3 heterocycles. The van der Waals surface area contributed by atoms with Crippen molar-refractivity contribution in [3.8, 4) is 33.5 Å². The molecule has 0 spiro atoms. The first kappa shape index (κ1) is 13.9. The van der Waals surface area contributed by atoms with E-state index in [0.717, 1.165) is 37.1 Å². The maximum Gasteiger partial charge on any atom is 0.235 e. The van der Waals surface area contributed by atoms with Gasteiger partial charge in [0.2, 0.25) is 11.8 Å². The second-order valence-corrected chi connectivity index (χ2v) is 6.98. The molecule has 0 atom stereocenters. The predicted molar refractivity (Wildman–Crippen MR) is 93.4 cm³/mol. The molecule has 2 aromatic carbocycles. The summed E-state index contributed by atoms with van der Waals surface area (Å²) in [5.74, 6) is 2.21. The van der Waals surface area contributed by atoms with E-state index in [0.29, 0.717) is 5.82 Å². The summed E-state index contributed by atoms with van der Waals surface area (Å²) in [4.78, 5) is 0.744. The lowest BCUT2D eigenvalue weighted by atomic mass is 10.2. The summed E-state index contributed by atoms with van der Waals surface area (Å²) < 4.78 is 13.5. The van der Waals surface area contributed by atoms with E-state index in [1.807, 2.05) is 42.5 Å². The molecule has 1 aliphatic heterocycles. The molecule has 1 aliphatic rings. The first-order valence-corrected chi connectivity index (χ1v) is 8.78. The van der Waals surface area contributed by atoms with Gasteiger partial charge in [0.15, 0.2) is 17.3 Å². The van der Waals surface area contributed by atoms with Gasteiger partial charge in [0, 0.05) is 15.6 Å². The van der Waals surface area contributed by atoms with Crippen molar-refractivity contribution in [2.24, 2.45) is 0 Å². The first-order chi connectivity index (χ1) is 11.8. The number of rotatable bonds is 2. The van der Waals surface area contributed by atoms with Gasteiger partial charge in [0.1, 0.15) is 5.01 Å². The van der Waals surface area contributed by atoms with Gasteiger partial charge in [-0.2, -0.15) is 9.61 Å². The summed E-state index contributed by atoms with van der Waals surface area (Å²) >= 11 is 5.04. The van der Waals surface area contributed by atoms with Gasteiger partial charge in [-0.1, -0.05) is 39.4 Å². The number of nitrogens with zero attached hydrogens (tertiary/aromatic N) is 4. The minimum absolute atomic E-state index is 0.260. The fourth-order valence-corrected chi connectivity index (χ4v) is 3.87. The number of fused-ring (bicyclic) bond motifs is 2. The molecule has 118 valence electrons. The normalized spacial score (nSPS) is 12.9. The smallest absolute Gasteiger partial charge is 0.235 e. The average Bonchev–Trinajstić information content (AvgIpc) is 3.30. The lowest BCUT2D eigenvalue weighted by Crippen LogP contribution is -1.93. The maximum atomic E-state index is 5.44.